The van der Waals surface area contributed by atoms with E-state index < -0.39 is 0 Å². The van der Waals surface area contributed by atoms with Crippen molar-refractivity contribution in [1.82, 2.24) is 4.98 Å². The molecular formula is C20H23FN3OS+. The molecule has 1 heterocycles. The predicted molar refractivity (Wildman–Crippen MR) is 105 cm³/mol. The molecular weight excluding hydrogens is 349 g/mol. The van der Waals surface area contributed by atoms with Crippen LogP contribution in [0.15, 0.2) is 42.5 Å². The van der Waals surface area contributed by atoms with Crippen LogP contribution in [0, 0.1) is 12.7 Å². The lowest BCUT2D eigenvalue weighted by Crippen LogP contribution is -3.05. The number of hydrogen-bond donors (Lipinski definition) is 1. The van der Waals surface area contributed by atoms with Gasteiger partial charge in [0.25, 0.3) is 5.91 Å². The Morgan fingerprint density at radius 1 is 1.23 bits per heavy atom. The average Bonchev–Trinajstić information content (AvgIpc) is 3.03. The molecule has 3 aromatic rings. The summed E-state index contributed by atoms with van der Waals surface area (Å²) in [4.78, 5) is 20.6. The van der Waals surface area contributed by atoms with Crippen LogP contribution in [0.4, 0.5) is 9.52 Å². The highest BCUT2D eigenvalue weighted by Crippen LogP contribution is 2.31. The zero-order valence-electron chi connectivity index (χ0n) is 15.3. The Balaban J connectivity index is 1.96. The second-order valence-electron chi connectivity index (χ2n) is 6.72. The van der Waals surface area contributed by atoms with Gasteiger partial charge in [-0.05, 0) is 31.2 Å². The van der Waals surface area contributed by atoms with Crippen molar-refractivity contribution >= 4 is 32.6 Å². The largest absolute Gasteiger partial charge is 0.340 e. The molecule has 0 aliphatic heterocycles. The molecule has 0 saturated heterocycles. The van der Waals surface area contributed by atoms with Gasteiger partial charge in [0.05, 0.1) is 25.3 Å². The van der Waals surface area contributed by atoms with Gasteiger partial charge < -0.3 is 4.90 Å². The number of aromatic nitrogens is 1. The van der Waals surface area contributed by atoms with Crippen LogP contribution in [-0.4, -0.2) is 38.1 Å². The molecule has 4 nitrogen and oxygen atoms in total. The van der Waals surface area contributed by atoms with Crippen LogP contribution in [0.2, 0.25) is 0 Å². The number of nitrogens with zero attached hydrogens (tertiary/aromatic N) is 2. The lowest BCUT2D eigenvalue weighted by molar-refractivity contribution is -0.858. The fourth-order valence-electron chi connectivity index (χ4n) is 2.83. The van der Waals surface area contributed by atoms with Crippen LogP contribution < -0.4 is 9.80 Å². The van der Waals surface area contributed by atoms with Gasteiger partial charge in [-0.25, -0.2) is 9.37 Å². The molecule has 0 spiro atoms. The Bertz CT molecular complexity index is 922. The van der Waals surface area contributed by atoms with Gasteiger partial charge in [0.15, 0.2) is 5.13 Å². The van der Waals surface area contributed by atoms with Crippen molar-refractivity contribution < 1.29 is 14.1 Å². The molecule has 2 aromatic carbocycles. The molecule has 0 unspecified atom stereocenters. The highest BCUT2D eigenvalue weighted by molar-refractivity contribution is 7.22. The quantitative estimate of drug-likeness (QED) is 0.722. The summed E-state index contributed by atoms with van der Waals surface area (Å²) in [5.41, 5.74) is 1.98. The Morgan fingerprint density at radius 2 is 2.00 bits per heavy atom. The predicted octanol–water partition coefficient (Wildman–Crippen LogP) is 2.93. The van der Waals surface area contributed by atoms with Gasteiger partial charge in [-0.15, -0.1) is 0 Å². The van der Waals surface area contributed by atoms with E-state index in [0.717, 1.165) is 23.2 Å². The third-order valence-electron chi connectivity index (χ3n) is 4.16. The number of carbonyl (C=O) groups is 1. The number of amides is 1. The van der Waals surface area contributed by atoms with Gasteiger partial charge >= 0.3 is 0 Å². The maximum absolute atomic E-state index is 14.0. The minimum Gasteiger partial charge on any atom is -0.340 e. The first-order valence-electron chi connectivity index (χ1n) is 8.68. The van der Waals surface area contributed by atoms with E-state index in [9.17, 15) is 9.18 Å². The Hall–Kier alpha value is -2.31. The first-order valence-corrected chi connectivity index (χ1v) is 9.50. The van der Waals surface area contributed by atoms with Gasteiger partial charge in [-0.2, -0.15) is 0 Å². The molecule has 1 aromatic heterocycles. The van der Waals surface area contributed by atoms with Gasteiger partial charge in [-0.3, -0.25) is 9.69 Å². The van der Waals surface area contributed by atoms with Crippen LogP contribution >= 0.6 is 11.3 Å². The number of carbonyl (C=O) groups excluding carboxylic acids is 1. The molecule has 0 radical (unpaired) electrons. The van der Waals surface area contributed by atoms with Crippen molar-refractivity contribution in [3.05, 3.63) is 59.4 Å². The minimum atomic E-state index is -0.356. The first-order chi connectivity index (χ1) is 12.5. The molecule has 26 heavy (non-hydrogen) atoms. The summed E-state index contributed by atoms with van der Waals surface area (Å²) in [5.74, 6) is -0.451. The minimum absolute atomic E-state index is 0.0954. The Kier molecular flexibility index (Phi) is 5.64. The molecule has 0 saturated carbocycles. The Labute approximate surface area is 156 Å². The van der Waals surface area contributed by atoms with E-state index in [4.69, 9.17) is 0 Å². The molecule has 6 heteroatoms. The molecule has 1 amide bonds. The number of thiazole rings is 1. The third kappa shape index (κ3) is 4.08. The normalized spacial score (nSPS) is 11.3. The summed E-state index contributed by atoms with van der Waals surface area (Å²) in [7, 11) is 4.17. The summed E-state index contributed by atoms with van der Waals surface area (Å²) in [5, 5.41) is 0.547. The van der Waals surface area contributed by atoms with E-state index in [-0.39, 0.29) is 11.7 Å². The number of fused-ring (bicyclic) bond motifs is 1. The van der Waals surface area contributed by atoms with E-state index >= 15 is 0 Å². The maximum Gasteiger partial charge on any atom is 0.260 e. The molecule has 136 valence electrons. The number of halogens is 1. The SMILES string of the molecule is Cc1cccc(C(=O)N(CCC[NH+](C)C)c2nc3c(F)cccc3s2)c1. The highest BCUT2D eigenvalue weighted by Gasteiger charge is 2.22. The number of hydrogen-bond acceptors (Lipinski definition) is 3. The third-order valence-corrected chi connectivity index (χ3v) is 5.20. The monoisotopic (exact) mass is 372 g/mol. The van der Waals surface area contributed by atoms with Crippen molar-refractivity contribution in [3.63, 3.8) is 0 Å². The second-order valence-corrected chi connectivity index (χ2v) is 7.73. The maximum atomic E-state index is 14.0. The second kappa shape index (κ2) is 7.93. The molecule has 0 bridgehead atoms. The molecule has 0 aliphatic carbocycles. The lowest BCUT2D eigenvalue weighted by Gasteiger charge is -2.20. The highest BCUT2D eigenvalue weighted by atomic mass is 32.1. The van der Waals surface area contributed by atoms with Gasteiger partial charge in [0, 0.05) is 18.5 Å². The van der Waals surface area contributed by atoms with Crippen molar-refractivity contribution in [2.24, 2.45) is 0 Å². The summed E-state index contributed by atoms with van der Waals surface area (Å²) >= 11 is 1.35. The lowest BCUT2D eigenvalue weighted by atomic mass is 10.1. The number of para-hydroxylation sites is 1. The zero-order valence-corrected chi connectivity index (χ0v) is 16.1. The smallest absolute Gasteiger partial charge is 0.260 e. The van der Waals surface area contributed by atoms with Crippen LogP contribution in [0.3, 0.4) is 0 Å². The van der Waals surface area contributed by atoms with E-state index in [0.29, 0.717) is 22.8 Å². The van der Waals surface area contributed by atoms with E-state index in [1.165, 1.54) is 22.3 Å². The van der Waals surface area contributed by atoms with Gasteiger partial charge in [0.2, 0.25) is 0 Å². The molecule has 0 atom stereocenters. The standard InChI is InChI=1S/C20H22FN3OS/c1-14-7-4-8-15(13-14)19(25)24(12-6-11-23(2)3)20-22-18-16(21)9-5-10-17(18)26-20/h4-5,7-10,13H,6,11-12H2,1-3H3/p+1. The summed E-state index contributed by atoms with van der Waals surface area (Å²) < 4.78 is 14.8. The van der Waals surface area contributed by atoms with Crippen molar-refractivity contribution in [3.8, 4) is 0 Å². The van der Waals surface area contributed by atoms with E-state index in [1.807, 2.05) is 37.3 Å². The zero-order chi connectivity index (χ0) is 18.7. The van der Waals surface area contributed by atoms with E-state index in [2.05, 4.69) is 19.1 Å². The fraction of sp³-hybridized carbons (Fsp3) is 0.300. The number of nitrogens with one attached hydrogen (secondary N) is 1. The van der Waals surface area contributed by atoms with Crippen LogP contribution in [0.5, 0.6) is 0 Å². The topological polar surface area (TPSA) is 37.6 Å². The number of aryl methyl sites for hydroxylation is 1. The number of benzene rings is 2. The number of anilines is 1. The van der Waals surface area contributed by atoms with Crippen molar-refractivity contribution in [2.75, 3.05) is 32.1 Å². The van der Waals surface area contributed by atoms with Crippen molar-refractivity contribution in [2.45, 2.75) is 13.3 Å². The summed E-state index contributed by atoms with van der Waals surface area (Å²) in [6.45, 7) is 3.46. The molecule has 3 rings (SSSR count). The fourth-order valence-corrected chi connectivity index (χ4v) is 3.83. The first kappa shape index (κ1) is 18.5. The van der Waals surface area contributed by atoms with Gasteiger partial charge in [0.1, 0.15) is 11.3 Å². The summed E-state index contributed by atoms with van der Waals surface area (Å²) in [6.07, 6.45) is 0.846. The molecule has 1 N–H and O–H groups in total. The van der Waals surface area contributed by atoms with Crippen molar-refractivity contribution in [1.29, 1.82) is 0 Å². The van der Waals surface area contributed by atoms with Crippen LogP contribution in [-0.2, 0) is 0 Å². The number of rotatable bonds is 6. The van der Waals surface area contributed by atoms with Crippen LogP contribution in [0.1, 0.15) is 22.3 Å². The molecule has 0 aliphatic rings. The van der Waals surface area contributed by atoms with Gasteiger partial charge in [-0.1, -0.05) is 35.1 Å². The van der Waals surface area contributed by atoms with E-state index in [1.54, 1.807) is 11.0 Å². The average molecular weight is 372 g/mol. The Morgan fingerprint density at radius 3 is 2.69 bits per heavy atom. The number of quaternary nitrogens is 1. The molecule has 0 fully saturated rings. The summed E-state index contributed by atoms with van der Waals surface area (Å²) in [6, 6.07) is 12.4. The van der Waals surface area contributed by atoms with Crippen LogP contribution in [0.25, 0.3) is 10.2 Å².